The van der Waals surface area contributed by atoms with Gasteiger partial charge in [-0.1, -0.05) is 12.1 Å². The summed E-state index contributed by atoms with van der Waals surface area (Å²) in [5.41, 5.74) is 3.20. The van der Waals surface area contributed by atoms with Crippen LogP contribution in [0.5, 0.6) is 5.75 Å². The Morgan fingerprint density at radius 1 is 1.24 bits per heavy atom. The van der Waals surface area contributed by atoms with Crippen LogP contribution in [0.15, 0.2) is 34.8 Å². The number of hydrogen-bond donors (Lipinski definition) is 2. The summed E-state index contributed by atoms with van der Waals surface area (Å²) in [6.07, 6.45) is 0. The van der Waals surface area contributed by atoms with Crippen molar-refractivity contribution in [3.8, 4) is 5.75 Å². The number of benzene rings is 2. The van der Waals surface area contributed by atoms with Gasteiger partial charge in [0.2, 0.25) is 0 Å². The summed E-state index contributed by atoms with van der Waals surface area (Å²) in [4.78, 5) is 14.1. The predicted octanol–water partition coefficient (Wildman–Crippen LogP) is 4.98. The number of aryl methyl sites for hydroxylation is 1. The van der Waals surface area contributed by atoms with E-state index in [4.69, 9.17) is 0 Å². The van der Waals surface area contributed by atoms with Crippen LogP contribution < -0.4 is 0 Å². The van der Waals surface area contributed by atoms with Gasteiger partial charge in [-0.05, 0) is 53.8 Å². The quantitative estimate of drug-likeness (QED) is 0.499. The fourth-order valence-electron chi connectivity index (χ4n) is 3.39. The standard InChI is InChI=1S/C21H22BrFN2O3S/c1-24(2)9-14-18-16(8-15(22)20(14)26)25(3)17(19(18)21(27)28)11-29-10-12-4-6-13(23)7-5-12/h4-8,26H,9-11H2,1-3H3,(H,27,28). The molecule has 0 unspecified atom stereocenters. The number of hydrogen-bond acceptors (Lipinski definition) is 4. The Hall–Kier alpha value is -2.03. The van der Waals surface area contributed by atoms with Gasteiger partial charge in [-0.25, -0.2) is 9.18 Å². The monoisotopic (exact) mass is 480 g/mol. The molecule has 154 valence electrons. The van der Waals surface area contributed by atoms with Gasteiger partial charge in [-0.15, -0.1) is 0 Å². The van der Waals surface area contributed by atoms with Gasteiger partial charge in [0.15, 0.2) is 0 Å². The number of thioether (sulfide) groups is 1. The Bertz CT molecular complexity index is 1060. The smallest absolute Gasteiger partial charge is 0.338 e. The maximum atomic E-state index is 13.1. The molecule has 1 heterocycles. The van der Waals surface area contributed by atoms with Crippen LogP contribution in [0.2, 0.25) is 0 Å². The second kappa shape index (κ2) is 8.77. The van der Waals surface area contributed by atoms with Gasteiger partial charge < -0.3 is 19.7 Å². The van der Waals surface area contributed by atoms with Gasteiger partial charge in [0.05, 0.1) is 15.6 Å². The van der Waals surface area contributed by atoms with Crippen molar-refractivity contribution in [3.63, 3.8) is 0 Å². The van der Waals surface area contributed by atoms with Crippen molar-refractivity contribution in [1.29, 1.82) is 0 Å². The summed E-state index contributed by atoms with van der Waals surface area (Å²) in [5.74, 6) is -0.122. The Balaban J connectivity index is 2.04. The van der Waals surface area contributed by atoms with E-state index in [0.29, 0.717) is 39.2 Å². The fraction of sp³-hybridized carbons (Fsp3) is 0.286. The van der Waals surface area contributed by atoms with Crippen LogP contribution in [0, 0.1) is 5.82 Å². The molecule has 0 fully saturated rings. The van der Waals surface area contributed by atoms with Gasteiger partial charge in [-0.3, -0.25) is 0 Å². The number of aromatic hydroxyl groups is 1. The fourth-order valence-corrected chi connectivity index (χ4v) is 4.91. The Morgan fingerprint density at radius 3 is 2.48 bits per heavy atom. The number of nitrogens with zero attached hydrogens (tertiary/aromatic N) is 2. The number of halogens is 2. The molecule has 1 aromatic heterocycles. The highest BCUT2D eigenvalue weighted by molar-refractivity contribution is 9.10. The second-order valence-corrected chi connectivity index (χ2v) is 8.96. The normalized spacial score (nSPS) is 11.5. The Labute approximate surface area is 181 Å². The highest BCUT2D eigenvalue weighted by Crippen LogP contribution is 2.40. The van der Waals surface area contributed by atoms with Gasteiger partial charge >= 0.3 is 5.97 Å². The summed E-state index contributed by atoms with van der Waals surface area (Å²) in [7, 11) is 5.58. The summed E-state index contributed by atoms with van der Waals surface area (Å²) in [6.45, 7) is 0.411. The first-order valence-electron chi connectivity index (χ1n) is 8.92. The molecule has 0 saturated heterocycles. The maximum absolute atomic E-state index is 13.1. The number of aromatic carboxylic acids is 1. The van der Waals surface area contributed by atoms with E-state index in [1.165, 1.54) is 12.1 Å². The maximum Gasteiger partial charge on any atom is 0.338 e. The lowest BCUT2D eigenvalue weighted by molar-refractivity contribution is 0.0697. The number of carboxylic acids is 1. The summed E-state index contributed by atoms with van der Waals surface area (Å²) in [6, 6.07) is 8.05. The zero-order chi connectivity index (χ0) is 21.3. The highest BCUT2D eigenvalue weighted by Gasteiger charge is 2.26. The molecule has 8 heteroatoms. The van der Waals surface area contributed by atoms with Crippen molar-refractivity contribution in [3.05, 3.63) is 63.0 Å². The zero-order valence-electron chi connectivity index (χ0n) is 16.4. The number of fused-ring (bicyclic) bond motifs is 1. The van der Waals surface area contributed by atoms with Crippen LogP contribution in [-0.2, 0) is 25.1 Å². The summed E-state index contributed by atoms with van der Waals surface area (Å²) < 4.78 is 15.5. The van der Waals surface area contributed by atoms with Crippen LogP contribution in [0.25, 0.3) is 10.9 Å². The topological polar surface area (TPSA) is 65.7 Å². The molecule has 0 radical (unpaired) electrons. The molecule has 0 atom stereocenters. The lowest BCUT2D eigenvalue weighted by Crippen LogP contribution is -2.12. The molecule has 0 aliphatic heterocycles. The lowest BCUT2D eigenvalue weighted by Gasteiger charge is -2.14. The summed E-state index contributed by atoms with van der Waals surface area (Å²) in [5, 5.41) is 21.1. The van der Waals surface area contributed by atoms with Gasteiger partial charge in [0, 0.05) is 41.7 Å². The molecular formula is C21H22BrFN2O3S. The first kappa shape index (κ1) is 21.7. The van der Waals surface area contributed by atoms with E-state index in [1.807, 2.05) is 30.6 Å². The number of phenolic OH excluding ortho intramolecular Hbond substituents is 1. The highest BCUT2D eigenvalue weighted by atomic mass is 79.9. The van der Waals surface area contributed by atoms with E-state index < -0.39 is 5.97 Å². The molecular weight excluding hydrogens is 459 g/mol. The van der Waals surface area contributed by atoms with Crippen LogP contribution in [0.3, 0.4) is 0 Å². The van der Waals surface area contributed by atoms with Crippen LogP contribution in [0.4, 0.5) is 4.39 Å². The molecule has 0 saturated carbocycles. The van der Waals surface area contributed by atoms with Crippen molar-refractivity contribution in [2.75, 3.05) is 14.1 Å². The second-order valence-electron chi connectivity index (χ2n) is 7.12. The molecule has 2 N–H and O–H groups in total. The van der Waals surface area contributed by atoms with Crippen molar-refractivity contribution in [2.45, 2.75) is 18.1 Å². The van der Waals surface area contributed by atoms with E-state index in [9.17, 15) is 19.4 Å². The molecule has 0 amide bonds. The van der Waals surface area contributed by atoms with E-state index in [0.717, 1.165) is 11.1 Å². The average molecular weight is 481 g/mol. The molecule has 5 nitrogen and oxygen atoms in total. The van der Waals surface area contributed by atoms with Crippen molar-refractivity contribution < 1.29 is 19.4 Å². The van der Waals surface area contributed by atoms with Crippen molar-refractivity contribution in [1.82, 2.24) is 9.47 Å². The number of aromatic nitrogens is 1. The first-order valence-corrected chi connectivity index (χ1v) is 10.9. The number of carbonyl (C=O) groups is 1. The molecule has 3 rings (SSSR count). The molecule has 2 aromatic carbocycles. The Kier molecular flexibility index (Phi) is 6.55. The molecule has 3 aromatic rings. The third-order valence-corrected chi connectivity index (χ3v) is 6.37. The number of phenols is 1. The average Bonchev–Trinajstić information content (AvgIpc) is 2.93. The SMILES string of the molecule is CN(C)Cc1c(O)c(Br)cc2c1c(C(=O)O)c(CSCc1ccc(F)cc1)n2C. The van der Waals surface area contributed by atoms with E-state index >= 15 is 0 Å². The predicted molar refractivity (Wildman–Crippen MR) is 118 cm³/mol. The van der Waals surface area contributed by atoms with Crippen LogP contribution in [0.1, 0.15) is 27.2 Å². The third-order valence-electron chi connectivity index (χ3n) is 4.75. The van der Waals surface area contributed by atoms with Crippen LogP contribution >= 0.6 is 27.7 Å². The van der Waals surface area contributed by atoms with E-state index in [2.05, 4.69) is 15.9 Å². The van der Waals surface area contributed by atoms with Crippen molar-refractivity contribution in [2.24, 2.45) is 7.05 Å². The van der Waals surface area contributed by atoms with Gasteiger partial charge in [-0.2, -0.15) is 11.8 Å². The van der Waals surface area contributed by atoms with Gasteiger partial charge in [0.1, 0.15) is 11.6 Å². The van der Waals surface area contributed by atoms with Crippen LogP contribution in [-0.4, -0.2) is 39.7 Å². The molecule has 0 aliphatic rings. The Morgan fingerprint density at radius 2 is 1.90 bits per heavy atom. The summed E-state index contributed by atoms with van der Waals surface area (Å²) >= 11 is 4.95. The zero-order valence-corrected chi connectivity index (χ0v) is 18.8. The minimum Gasteiger partial charge on any atom is -0.506 e. The first-order chi connectivity index (χ1) is 13.7. The van der Waals surface area contributed by atoms with E-state index in [-0.39, 0.29) is 17.1 Å². The van der Waals surface area contributed by atoms with Gasteiger partial charge in [0.25, 0.3) is 0 Å². The van der Waals surface area contributed by atoms with Crippen molar-refractivity contribution >= 4 is 44.6 Å². The third kappa shape index (κ3) is 4.44. The molecule has 0 spiro atoms. The number of rotatable bonds is 7. The molecule has 0 bridgehead atoms. The van der Waals surface area contributed by atoms with E-state index in [1.54, 1.807) is 30.0 Å². The lowest BCUT2D eigenvalue weighted by atomic mass is 10.0. The molecule has 29 heavy (non-hydrogen) atoms. The minimum atomic E-state index is -1.02. The molecule has 0 aliphatic carbocycles. The minimum absolute atomic E-state index is 0.0600. The largest absolute Gasteiger partial charge is 0.506 e. The number of carboxylic acid groups (broad SMARTS) is 1.